The Labute approximate surface area is 111 Å². The average Bonchev–Trinajstić information content (AvgIpc) is 2.49. The zero-order chi connectivity index (χ0) is 13.2. The molecule has 2 N–H and O–H groups in total. The van der Waals surface area contributed by atoms with Gasteiger partial charge in [0.05, 0.1) is 7.11 Å². The fourth-order valence-corrected chi connectivity index (χ4v) is 3.02. The maximum absolute atomic E-state index is 6.70. The number of para-hydroxylation sites is 1. The van der Waals surface area contributed by atoms with E-state index in [1.165, 1.54) is 24.8 Å². The molecule has 18 heavy (non-hydrogen) atoms. The fourth-order valence-electron chi connectivity index (χ4n) is 3.02. The standard InChI is InChI=1S/C16H25NO/c1-15(2)9-6-10-16(17,12-11-15)13-7-4-5-8-14(13)18-3/h4-5,7-8H,6,9-12,17H2,1-3H3. The van der Waals surface area contributed by atoms with Crippen molar-refractivity contribution in [2.24, 2.45) is 11.1 Å². The van der Waals surface area contributed by atoms with Crippen LogP contribution in [-0.2, 0) is 5.54 Å². The first-order valence-electron chi connectivity index (χ1n) is 6.89. The molecule has 0 bridgehead atoms. The Morgan fingerprint density at radius 1 is 1.06 bits per heavy atom. The summed E-state index contributed by atoms with van der Waals surface area (Å²) in [4.78, 5) is 0. The maximum atomic E-state index is 6.70. The van der Waals surface area contributed by atoms with Crippen LogP contribution in [0.15, 0.2) is 24.3 Å². The second-order valence-corrected chi connectivity index (χ2v) is 6.37. The molecule has 2 nitrogen and oxygen atoms in total. The van der Waals surface area contributed by atoms with Crippen LogP contribution < -0.4 is 10.5 Å². The summed E-state index contributed by atoms with van der Waals surface area (Å²) in [6, 6.07) is 8.20. The minimum Gasteiger partial charge on any atom is -0.496 e. The number of ether oxygens (including phenoxy) is 1. The van der Waals surface area contributed by atoms with E-state index >= 15 is 0 Å². The van der Waals surface area contributed by atoms with Crippen LogP contribution in [0.1, 0.15) is 51.5 Å². The molecule has 2 rings (SSSR count). The van der Waals surface area contributed by atoms with E-state index in [9.17, 15) is 0 Å². The maximum Gasteiger partial charge on any atom is 0.123 e. The molecule has 1 aliphatic carbocycles. The van der Waals surface area contributed by atoms with Gasteiger partial charge in [0.25, 0.3) is 0 Å². The van der Waals surface area contributed by atoms with E-state index in [2.05, 4.69) is 26.0 Å². The van der Waals surface area contributed by atoms with E-state index in [1.54, 1.807) is 7.11 Å². The zero-order valence-corrected chi connectivity index (χ0v) is 11.8. The predicted molar refractivity (Wildman–Crippen MR) is 75.7 cm³/mol. The SMILES string of the molecule is COc1ccccc1C1(N)CCCC(C)(C)CC1. The molecule has 0 saturated heterocycles. The van der Waals surface area contributed by atoms with Gasteiger partial charge in [-0.2, -0.15) is 0 Å². The summed E-state index contributed by atoms with van der Waals surface area (Å²) in [6.07, 6.45) is 5.74. The molecule has 1 aliphatic rings. The molecule has 2 heteroatoms. The van der Waals surface area contributed by atoms with Crippen molar-refractivity contribution in [3.8, 4) is 5.75 Å². The lowest BCUT2D eigenvalue weighted by Crippen LogP contribution is -2.36. The Morgan fingerprint density at radius 2 is 1.78 bits per heavy atom. The molecule has 0 radical (unpaired) electrons. The van der Waals surface area contributed by atoms with Crippen molar-refractivity contribution in [3.05, 3.63) is 29.8 Å². The Morgan fingerprint density at radius 3 is 2.50 bits per heavy atom. The van der Waals surface area contributed by atoms with E-state index < -0.39 is 0 Å². The Kier molecular flexibility index (Phi) is 3.67. The monoisotopic (exact) mass is 247 g/mol. The van der Waals surface area contributed by atoms with Crippen molar-refractivity contribution < 1.29 is 4.74 Å². The highest BCUT2D eigenvalue weighted by atomic mass is 16.5. The molecular weight excluding hydrogens is 222 g/mol. The van der Waals surface area contributed by atoms with Crippen molar-refractivity contribution >= 4 is 0 Å². The molecule has 0 spiro atoms. The summed E-state index contributed by atoms with van der Waals surface area (Å²) < 4.78 is 5.48. The van der Waals surface area contributed by atoms with Gasteiger partial charge in [-0.3, -0.25) is 0 Å². The van der Waals surface area contributed by atoms with E-state index in [0.29, 0.717) is 5.41 Å². The lowest BCUT2D eigenvalue weighted by Gasteiger charge is -2.31. The number of hydrogen-bond acceptors (Lipinski definition) is 2. The van der Waals surface area contributed by atoms with Gasteiger partial charge in [0.15, 0.2) is 0 Å². The molecule has 100 valence electrons. The summed E-state index contributed by atoms with van der Waals surface area (Å²) >= 11 is 0. The van der Waals surface area contributed by atoms with E-state index in [1.807, 2.05) is 12.1 Å². The van der Waals surface area contributed by atoms with Crippen molar-refractivity contribution in [3.63, 3.8) is 0 Å². The first-order chi connectivity index (χ1) is 8.47. The lowest BCUT2D eigenvalue weighted by molar-refractivity contribution is 0.295. The van der Waals surface area contributed by atoms with E-state index in [-0.39, 0.29) is 5.54 Å². The van der Waals surface area contributed by atoms with Gasteiger partial charge in [-0.15, -0.1) is 0 Å². The summed E-state index contributed by atoms with van der Waals surface area (Å²) in [5.74, 6) is 0.930. The first-order valence-corrected chi connectivity index (χ1v) is 6.89. The van der Waals surface area contributed by atoms with Gasteiger partial charge in [-0.05, 0) is 37.2 Å². The van der Waals surface area contributed by atoms with Crippen molar-refractivity contribution in [2.45, 2.75) is 51.5 Å². The molecule has 1 unspecified atom stereocenters. The number of benzene rings is 1. The van der Waals surface area contributed by atoms with Crippen molar-refractivity contribution in [1.29, 1.82) is 0 Å². The van der Waals surface area contributed by atoms with Crippen LogP contribution in [-0.4, -0.2) is 7.11 Å². The van der Waals surface area contributed by atoms with Gasteiger partial charge in [0.1, 0.15) is 5.75 Å². The van der Waals surface area contributed by atoms with Crippen LogP contribution >= 0.6 is 0 Å². The molecule has 0 aliphatic heterocycles. The Balaban J connectivity index is 2.30. The zero-order valence-electron chi connectivity index (χ0n) is 11.8. The third-order valence-corrected chi connectivity index (χ3v) is 4.37. The summed E-state index contributed by atoms with van der Waals surface area (Å²) in [6.45, 7) is 4.70. The topological polar surface area (TPSA) is 35.2 Å². The summed E-state index contributed by atoms with van der Waals surface area (Å²) in [5, 5.41) is 0. The highest BCUT2D eigenvalue weighted by Gasteiger charge is 2.35. The number of nitrogens with two attached hydrogens (primary N) is 1. The smallest absolute Gasteiger partial charge is 0.123 e. The van der Waals surface area contributed by atoms with Gasteiger partial charge < -0.3 is 10.5 Å². The van der Waals surface area contributed by atoms with Gasteiger partial charge >= 0.3 is 0 Å². The highest BCUT2D eigenvalue weighted by Crippen LogP contribution is 2.43. The van der Waals surface area contributed by atoms with Gasteiger partial charge in [-0.25, -0.2) is 0 Å². The summed E-state index contributed by atoms with van der Waals surface area (Å²) in [5.41, 5.74) is 8.07. The normalized spacial score (nSPS) is 27.6. The lowest BCUT2D eigenvalue weighted by atomic mass is 9.81. The number of hydrogen-bond donors (Lipinski definition) is 1. The molecule has 1 atom stereocenters. The Hall–Kier alpha value is -1.02. The first kappa shape index (κ1) is 13.4. The fraction of sp³-hybridized carbons (Fsp3) is 0.625. The molecule has 0 amide bonds. The predicted octanol–water partition coefficient (Wildman–Crippen LogP) is 3.84. The quantitative estimate of drug-likeness (QED) is 0.806. The highest BCUT2D eigenvalue weighted by molar-refractivity contribution is 5.39. The van der Waals surface area contributed by atoms with Crippen LogP contribution in [0.2, 0.25) is 0 Å². The third kappa shape index (κ3) is 2.69. The Bertz CT molecular complexity index is 413. The van der Waals surface area contributed by atoms with Crippen molar-refractivity contribution in [2.75, 3.05) is 7.11 Å². The minimum absolute atomic E-state index is 0.222. The molecule has 1 aromatic carbocycles. The van der Waals surface area contributed by atoms with Crippen LogP contribution in [0.25, 0.3) is 0 Å². The number of rotatable bonds is 2. The van der Waals surface area contributed by atoms with Crippen LogP contribution in [0.5, 0.6) is 5.75 Å². The third-order valence-electron chi connectivity index (χ3n) is 4.37. The second-order valence-electron chi connectivity index (χ2n) is 6.37. The van der Waals surface area contributed by atoms with Crippen LogP contribution in [0.4, 0.5) is 0 Å². The summed E-state index contributed by atoms with van der Waals surface area (Å²) in [7, 11) is 1.73. The average molecular weight is 247 g/mol. The number of methoxy groups -OCH3 is 1. The molecular formula is C16H25NO. The van der Waals surface area contributed by atoms with Gasteiger partial charge in [0.2, 0.25) is 0 Å². The van der Waals surface area contributed by atoms with Gasteiger partial charge in [-0.1, -0.05) is 38.5 Å². The second kappa shape index (κ2) is 4.93. The van der Waals surface area contributed by atoms with E-state index in [0.717, 1.165) is 18.6 Å². The van der Waals surface area contributed by atoms with Gasteiger partial charge in [0, 0.05) is 11.1 Å². The minimum atomic E-state index is -0.222. The van der Waals surface area contributed by atoms with Crippen LogP contribution in [0.3, 0.4) is 0 Å². The van der Waals surface area contributed by atoms with Crippen LogP contribution in [0, 0.1) is 5.41 Å². The molecule has 0 aromatic heterocycles. The van der Waals surface area contributed by atoms with Crippen molar-refractivity contribution in [1.82, 2.24) is 0 Å². The molecule has 1 aromatic rings. The van der Waals surface area contributed by atoms with E-state index in [4.69, 9.17) is 10.5 Å². The molecule has 1 saturated carbocycles. The molecule has 1 fully saturated rings. The largest absolute Gasteiger partial charge is 0.496 e. The molecule has 0 heterocycles.